The number of hydrogen-bond acceptors (Lipinski definition) is 1. The Morgan fingerprint density at radius 1 is 1.46 bits per heavy atom. The van der Waals surface area contributed by atoms with Crippen molar-refractivity contribution >= 4 is 11.6 Å². The van der Waals surface area contributed by atoms with E-state index in [1.807, 2.05) is 24.4 Å². The summed E-state index contributed by atoms with van der Waals surface area (Å²) >= 11 is 6.21. The Morgan fingerprint density at radius 2 is 2.31 bits per heavy atom. The van der Waals surface area contributed by atoms with Gasteiger partial charge in [-0.3, -0.25) is 4.98 Å². The molecule has 1 aromatic heterocycles. The maximum Gasteiger partial charge on any atom is 0.0418 e. The number of rotatable bonds is 4. The van der Waals surface area contributed by atoms with E-state index < -0.39 is 0 Å². The van der Waals surface area contributed by atoms with E-state index in [1.54, 1.807) is 0 Å². The van der Waals surface area contributed by atoms with Gasteiger partial charge in [0.15, 0.2) is 0 Å². The monoisotopic (exact) mass is 195 g/mol. The summed E-state index contributed by atoms with van der Waals surface area (Å²) in [5, 5.41) is 0.280. The van der Waals surface area contributed by atoms with Crippen molar-refractivity contribution < 1.29 is 0 Å². The first kappa shape index (κ1) is 9.01. The lowest BCUT2D eigenvalue weighted by Gasteiger charge is -2.06. The highest BCUT2D eigenvalue weighted by Gasteiger charge is 2.24. The molecule has 1 saturated carbocycles. The van der Waals surface area contributed by atoms with Crippen molar-refractivity contribution in [3.63, 3.8) is 0 Å². The molecule has 0 N–H and O–H groups in total. The Kier molecular flexibility index (Phi) is 2.84. The van der Waals surface area contributed by atoms with Gasteiger partial charge in [0.2, 0.25) is 0 Å². The molecule has 0 radical (unpaired) electrons. The fourth-order valence-corrected chi connectivity index (χ4v) is 1.95. The van der Waals surface area contributed by atoms with E-state index in [4.69, 9.17) is 11.6 Å². The van der Waals surface area contributed by atoms with Gasteiger partial charge in [-0.15, -0.1) is 11.6 Å². The summed E-state index contributed by atoms with van der Waals surface area (Å²) in [5.41, 5.74) is 1.11. The van der Waals surface area contributed by atoms with E-state index in [0.717, 1.165) is 24.5 Å². The summed E-state index contributed by atoms with van der Waals surface area (Å²) < 4.78 is 0. The predicted molar refractivity (Wildman–Crippen MR) is 54.9 cm³/mol. The third kappa shape index (κ3) is 3.00. The van der Waals surface area contributed by atoms with E-state index in [9.17, 15) is 0 Å². The fourth-order valence-electron chi connectivity index (χ4n) is 1.54. The lowest BCUT2D eigenvalue weighted by Crippen LogP contribution is -2.05. The van der Waals surface area contributed by atoms with Crippen LogP contribution in [-0.2, 0) is 6.42 Å². The second-order valence-electron chi connectivity index (χ2n) is 3.80. The summed E-state index contributed by atoms with van der Waals surface area (Å²) in [7, 11) is 0. The van der Waals surface area contributed by atoms with Crippen LogP contribution in [0.25, 0.3) is 0 Å². The summed E-state index contributed by atoms with van der Waals surface area (Å²) in [6, 6.07) is 6.00. The van der Waals surface area contributed by atoms with Crippen LogP contribution in [0.15, 0.2) is 24.4 Å². The van der Waals surface area contributed by atoms with Gasteiger partial charge in [0.25, 0.3) is 0 Å². The van der Waals surface area contributed by atoms with Crippen LogP contribution < -0.4 is 0 Å². The van der Waals surface area contributed by atoms with Crippen molar-refractivity contribution in [3.8, 4) is 0 Å². The average molecular weight is 196 g/mol. The molecule has 1 nitrogen and oxygen atoms in total. The molecule has 1 aromatic rings. The van der Waals surface area contributed by atoms with Gasteiger partial charge in [0.1, 0.15) is 0 Å². The van der Waals surface area contributed by atoms with Crippen LogP contribution >= 0.6 is 11.6 Å². The third-order valence-corrected chi connectivity index (χ3v) is 2.78. The minimum absolute atomic E-state index is 0.280. The summed E-state index contributed by atoms with van der Waals surface area (Å²) in [6.07, 6.45) is 6.67. The van der Waals surface area contributed by atoms with Crippen LogP contribution in [0.1, 0.15) is 25.0 Å². The average Bonchev–Trinajstić information content (AvgIpc) is 2.90. The van der Waals surface area contributed by atoms with Gasteiger partial charge in [-0.05, 0) is 24.5 Å². The molecular weight excluding hydrogens is 182 g/mol. The van der Waals surface area contributed by atoms with Crippen molar-refractivity contribution in [2.45, 2.75) is 31.1 Å². The lowest BCUT2D eigenvalue weighted by atomic mass is 10.1. The largest absolute Gasteiger partial charge is 0.261 e. The minimum Gasteiger partial charge on any atom is -0.261 e. The SMILES string of the molecule is ClC(Cc1ccccn1)CC1CC1. The van der Waals surface area contributed by atoms with Crippen LogP contribution in [0.5, 0.6) is 0 Å². The highest BCUT2D eigenvalue weighted by Crippen LogP contribution is 2.35. The number of pyridine rings is 1. The van der Waals surface area contributed by atoms with Gasteiger partial charge < -0.3 is 0 Å². The van der Waals surface area contributed by atoms with Gasteiger partial charge in [-0.1, -0.05) is 18.9 Å². The fraction of sp³-hybridized carbons (Fsp3) is 0.545. The van der Waals surface area contributed by atoms with Crippen molar-refractivity contribution in [2.24, 2.45) is 5.92 Å². The number of nitrogens with zero attached hydrogens (tertiary/aromatic N) is 1. The molecular formula is C11H14ClN. The van der Waals surface area contributed by atoms with Crippen molar-refractivity contribution in [3.05, 3.63) is 30.1 Å². The second-order valence-corrected chi connectivity index (χ2v) is 4.42. The zero-order valence-electron chi connectivity index (χ0n) is 7.62. The molecule has 0 aromatic carbocycles. The molecule has 2 rings (SSSR count). The van der Waals surface area contributed by atoms with Crippen LogP contribution in [0, 0.1) is 5.92 Å². The number of hydrogen-bond donors (Lipinski definition) is 0. The molecule has 70 valence electrons. The van der Waals surface area contributed by atoms with Crippen molar-refractivity contribution in [1.82, 2.24) is 4.98 Å². The van der Waals surface area contributed by atoms with Gasteiger partial charge >= 0.3 is 0 Å². The molecule has 1 aliphatic rings. The topological polar surface area (TPSA) is 12.9 Å². The number of alkyl halides is 1. The third-order valence-electron chi connectivity index (χ3n) is 2.44. The molecule has 0 spiro atoms. The maximum atomic E-state index is 6.21. The Labute approximate surface area is 84.1 Å². The van der Waals surface area contributed by atoms with Crippen LogP contribution in [-0.4, -0.2) is 10.4 Å². The van der Waals surface area contributed by atoms with Crippen LogP contribution in [0.3, 0.4) is 0 Å². The molecule has 0 aliphatic heterocycles. The zero-order chi connectivity index (χ0) is 9.10. The van der Waals surface area contributed by atoms with Crippen LogP contribution in [0.2, 0.25) is 0 Å². The lowest BCUT2D eigenvalue weighted by molar-refractivity contribution is 0.668. The molecule has 0 amide bonds. The van der Waals surface area contributed by atoms with Crippen LogP contribution in [0.4, 0.5) is 0 Å². The van der Waals surface area contributed by atoms with Crippen molar-refractivity contribution in [2.75, 3.05) is 0 Å². The molecule has 0 saturated heterocycles. The molecule has 2 heteroatoms. The molecule has 0 bridgehead atoms. The first-order valence-electron chi connectivity index (χ1n) is 4.88. The van der Waals surface area contributed by atoms with E-state index >= 15 is 0 Å². The summed E-state index contributed by atoms with van der Waals surface area (Å²) in [4.78, 5) is 4.26. The Hall–Kier alpha value is -0.560. The number of aromatic nitrogens is 1. The van der Waals surface area contributed by atoms with Gasteiger partial charge in [-0.2, -0.15) is 0 Å². The van der Waals surface area contributed by atoms with E-state index in [-0.39, 0.29) is 5.38 Å². The Bertz CT molecular complexity index is 256. The Balaban J connectivity index is 1.82. The molecule has 1 unspecified atom stereocenters. The highest BCUT2D eigenvalue weighted by molar-refractivity contribution is 6.20. The van der Waals surface area contributed by atoms with E-state index in [0.29, 0.717) is 0 Å². The van der Waals surface area contributed by atoms with Gasteiger partial charge in [-0.25, -0.2) is 0 Å². The van der Waals surface area contributed by atoms with Gasteiger partial charge in [0.05, 0.1) is 0 Å². The first-order chi connectivity index (χ1) is 6.34. The maximum absolute atomic E-state index is 6.21. The molecule has 1 heterocycles. The van der Waals surface area contributed by atoms with Gasteiger partial charge in [0, 0.05) is 23.7 Å². The molecule has 1 atom stereocenters. The molecule has 1 fully saturated rings. The van der Waals surface area contributed by atoms with Crippen molar-refractivity contribution in [1.29, 1.82) is 0 Å². The molecule has 13 heavy (non-hydrogen) atoms. The predicted octanol–water partition coefficient (Wildman–Crippen LogP) is 3.03. The summed E-state index contributed by atoms with van der Waals surface area (Å²) in [6.45, 7) is 0. The number of halogens is 1. The van der Waals surface area contributed by atoms with E-state index in [1.165, 1.54) is 12.8 Å². The smallest absolute Gasteiger partial charge is 0.0418 e. The zero-order valence-corrected chi connectivity index (χ0v) is 8.37. The Morgan fingerprint density at radius 3 is 2.92 bits per heavy atom. The first-order valence-corrected chi connectivity index (χ1v) is 5.32. The second kappa shape index (κ2) is 4.10. The normalized spacial score (nSPS) is 18.5. The minimum atomic E-state index is 0.280. The molecule has 1 aliphatic carbocycles. The standard InChI is InChI=1S/C11H14ClN/c12-10(7-9-4-5-9)8-11-3-1-2-6-13-11/h1-3,6,9-10H,4-5,7-8H2. The quantitative estimate of drug-likeness (QED) is 0.674. The highest BCUT2D eigenvalue weighted by atomic mass is 35.5. The summed E-state index contributed by atoms with van der Waals surface area (Å²) in [5.74, 6) is 0.909. The van der Waals surface area contributed by atoms with E-state index in [2.05, 4.69) is 4.98 Å².